The Labute approximate surface area is 164 Å². The molecule has 5 nitrogen and oxygen atoms in total. The van der Waals surface area contributed by atoms with Gasteiger partial charge in [-0.25, -0.2) is 4.79 Å². The lowest BCUT2D eigenvalue weighted by molar-refractivity contribution is -0.135. The predicted molar refractivity (Wildman–Crippen MR) is 106 cm³/mol. The smallest absolute Gasteiger partial charge is 0.330 e. The molecular formula is C23H24O5. The lowest BCUT2D eigenvalue weighted by atomic mass is 9.90. The number of hydrogen-bond acceptors (Lipinski definition) is 5. The normalized spacial score (nSPS) is 13.1. The summed E-state index contributed by atoms with van der Waals surface area (Å²) in [5, 5.41) is 0. The molecule has 0 saturated heterocycles. The average Bonchev–Trinajstić information content (AvgIpc) is 2.72. The summed E-state index contributed by atoms with van der Waals surface area (Å²) in [6, 6.07) is 11.3. The monoisotopic (exact) mass is 380 g/mol. The van der Waals surface area contributed by atoms with Gasteiger partial charge in [0.1, 0.15) is 0 Å². The maximum Gasteiger partial charge on any atom is 0.330 e. The third-order valence-corrected chi connectivity index (χ3v) is 4.79. The van der Waals surface area contributed by atoms with E-state index in [1.54, 1.807) is 24.3 Å². The number of benzene rings is 2. The first-order valence-electron chi connectivity index (χ1n) is 9.34. The summed E-state index contributed by atoms with van der Waals surface area (Å²) >= 11 is 0. The highest BCUT2D eigenvalue weighted by Gasteiger charge is 2.14. The van der Waals surface area contributed by atoms with E-state index in [1.165, 1.54) is 44.3 Å². The highest BCUT2D eigenvalue weighted by Crippen LogP contribution is 2.29. The van der Waals surface area contributed by atoms with Crippen molar-refractivity contribution in [3.8, 4) is 11.5 Å². The van der Waals surface area contributed by atoms with Crippen LogP contribution in [0.2, 0.25) is 0 Å². The Bertz CT molecular complexity index is 898. The van der Waals surface area contributed by atoms with Gasteiger partial charge in [0.15, 0.2) is 11.5 Å². The van der Waals surface area contributed by atoms with Gasteiger partial charge in [0.05, 0.1) is 20.6 Å². The molecular weight excluding hydrogens is 356 g/mol. The third kappa shape index (κ3) is 5.00. The van der Waals surface area contributed by atoms with Crippen LogP contribution in [0.3, 0.4) is 0 Å². The summed E-state index contributed by atoms with van der Waals surface area (Å²) in [7, 11) is 2.82. The Hall–Kier alpha value is -3.08. The first kappa shape index (κ1) is 19.7. The zero-order valence-corrected chi connectivity index (χ0v) is 16.2. The SMILES string of the molecule is COC(=O)/C=C/c1ccc(OC(=O)Cc2ccc3c(c2)CCCC3)c(OC)c1. The molecule has 0 N–H and O–H groups in total. The largest absolute Gasteiger partial charge is 0.493 e. The van der Waals surface area contributed by atoms with Crippen LogP contribution in [0.1, 0.15) is 35.1 Å². The summed E-state index contributed by atoms with van der Waals surface area (Å²) < 4.78 is 15.4. The van der Waals surface area contributed by atoms with Crippen molar-refractivity contribution in [1.29, 1.82) is 0 Å². The Balaban J connectivity index is 1.68. The molecule has 0 bridgehead atoms. The van der Waals surface area contributed by atoms with Gasteiger partial charge in [-0.3, -0.25) is 4.79 Å². The van der Waals surface area contributed by atoms with E-state index in [0.717, 1.165) is 24.0 Å². The molecule has 0 atom stereocenters. The minimum atomic E-state index is -0.445. The highest BCUT2D eigenvalue weighted by atomic mass is 16.6. The third-order valence-electron chi connectivity index (χ3n) is 4.79. The molecule has 0 heterocycles. The summed E-state index contributed by atoms with van der Waals surface area (Å²) in [4.78, 5) is 23.6. The number of methoxy groups -OCH3 is 2. The number of aryl methyl sites for hydroxylation is 2. The van der Waals surface area contributed by atoms with E-state index in [9.17, 15) is 9.59 Å². The molecule has 28 heavy (non-hydrogen) atoms. The van der Waals surface area contributed by atoms with Crippen molar-refractivity contribution in [3.63, 3.8) is 0 Å². The maximum absolute atomic E-state index is 12.4. The number of fused-ring (bicyclic) bond motifs is 1. The summed E-state index contributed by atoms with van der Waals surface area (Å²) in [5.74, 6) is -0.0158. The Morgan fingerprint density at radius 2 is 1.75 bits per heavy atom. The minimum Gasteiger partial charge on any atom is -0.493 e. The number of esters is 2. The highest BCUT2D eigenvalue weighted by molar-refractivity contribution is 5.87. The molecule has 0 saturated carbocycles. The van der Waals surface area contributed by atoms with E-state index in [1.807, 2.05) is 6.07 Å². The van der Waals surface area contributed by atoms with Crippen LogP contribution in [-0.4, -0.2) is 26.2 Å². The van der Waals surface area contributed by atoms with Crippen molar-refractivity contribution in [3.05, 3.63) is 64.7 Å². The van der Waals surface area contributed by atoms with Crippen LogP contribution in [0, 0.1) is 0 Å². The number of rotatable bonds is 6. The van der Waals surface area contributed by atoms with Crippen LogP contribution in [0.5, 0.6) is 11.5 Å². The standard InChI is InChI=1S/C23H24O5/c1-26-21-14-16(9-12-22(24)27-2)8-11-20(21)28-23(25)15-17-7-10-18-5-3-4-6-19(18)13-17/h7-14H,3-6,15H2,1-2H3/b12-9+. The van der Waals surface area contributed by atoms with Crippen LogP contribution in [0.15, 0.2) is 42.5 Å². The number of hydrogen-bond donors (Lipinski definition) is 0. The van der Waals surface area contributed by atoms with Gasteiger partial charge in [-0.15, -0.1) is 0 Å². The lowest BCUT2D eigenvalue weighted by Gasteiger charge is -2.16. The first-order chi connectivity index (χ1) is 13.6. The van der Waals surface area contributed by atoms with Crippen LogP contribution >= 0.6 is 0 Å². The van der Waals surface area contributed by atoms with Gasteiger partial charge in [-0.2, -0.15) is 0 Å². The molecule has 146 valence electrons. The molecule has 1 aliphatic rings. The van der Waals surface area contributed by atoms with E-state index in [0.29, 0.717) is 11.5 Å². The number of carbonyl (C=O) groups excluding carboxylic acids is 2. The fraction of sp³-hybridized carbons (Fsp3) is 0.304. The first-order valence-corrected chi connectivity index (χ1v) is 9.34. The molecule has 2 aromatic rings. The summed E-state index contributed by atoms with van der Waals surface area (Å²) in [6.45, 7) is 0. The van der Waals surface area contributed by atoms with Crippen LogP contribution in [0.25, 0.3) is 6.08 Å². The number of carbonyl (C=O) groups is 2. The Morgan fingerprint density at radius 1 is 0.964 bits per heavy atom. The lowest BCUT2D eigenvalue weighted by Crippen LogP contribution is -2.13. The fourth-order valence-electron chi connectivity index (χ4n) is 3.33. The molecule has 0 fully saturated rings. The maximum atomic E-state index is 12.4. The van der Waals surface area contributed by atoms with E-state index in [-0.39, 0.29) is 12.4 Å². The Morgan fingerprint density at radius 3 is 2.50 bits per heavy atom. The van der Waals surface area contributed by atoms with Crippen LogP contribution < -0.4 is 9.47 Å². The van der Waals surface area contributed by atoms with Gasteiger partial charge in [0.2, 0.25) is 0 Å². The van der Waals surface area contributed by atoms with Crippen molar-refractivity contribution < 1.29 is 23.8 Å². The van der Waals surface area contributed by atoms with E-state index < -0.39 is 5.97 Å². The minimum absolute atomic E-state index is 0.209. The molecule has 0 amide bonds. The summed E-state index contributed by atoms with van der Waals surface area (Å²) in [6.07, 6.45) is 7.76. The zero-order chi connectivity index (χ0) is 19.9. The van der Waals surface area contributed by atoms with E-state index in [2.05, 4.69) is 16.9 Å². The molecule has 1 aliphatic carbocycles. The fourth-order valence-corrected chi connectivity index (χ4v) is 3.33. The van der Waals surface area contributed by atoms with Gasteiger partial charge in [-0.05, 0) is 66.1 Å². The van der Waals surface area contributed by atoms with Crippen molar-refractivity contribution in [2.45, 2.75) is 32.1 Å². The van der Waals surface area contributed by atoms with Gasteiger partial charge in [0.25, 0.3) is 0 Å². The topological polar surface area (TPSA) is 61.8 Å². The van der Waals surface area contributed by atoms with E-state index >= 15 is 0 Å². The van der Waals surface area contributed by atoms with Crippen molar-refractivity contribution in [1.82, 2.24) is 0 Å². The molecule has 0 aliphatic heterocycles. The summed E-state index contributed by atoms with van der Waals surface area (Å²) in [5.41, 5.74) is 4.43. The molecule has 0 radical (unpaired) electrons. The van der Waals surface area contributed by atoms with Gasteiger partial charge < -0.3 is 14.2 Å². The molecule has 5 heteroatoms. The van der Waals surface area contributed by atoms with Gasteiger partial charge in [0, 0.05) is 6.08 Å². The molecule has 2 aromatic carbocycles. The quantitative estimate of drug-likeness (QED) is 0.432. The molecule has 0 spiro atoms. The molecule has 3 rings (SSSR count). The predicted octanol–water partition coefficient (Wildman–Crippen LogP) is 3.91. The number of ether oxygens (including phenoxy) is 3. The van der Waals surface area contributed by atoms with Crippen molar-refractivity contribution in [2.24, 2.45) is 0 Å². The second kappa shape index (κ2) is 9.22. The van der Waals surface area contributed by atoms with E-state index in [4.69, 9.17) is 9.47 Å². The van der Waals surface area contributed by atoms with Crippen molar-refractivity contribution >= 4 is 18.0 Å². The van der Waals surface area contributed by atoms with Gasteiger partial charge in [-0.1, -0.05) is 24.3 Å². The van der Waals surface area contributed by atoms with Crippen LogP contribution in [0.4, 0.5) is 0 Å². The molecule has 0 aromatic heterocycles. The second-order valence-corrected chi connectivity index (χ2v) is 6.73. The second-order valence-electron chi connectivity index (χ2n) is 6.73. The van der Waals surface area contributed by atoms with Gasteiger partial charge >= 0.3 is 11.9 Å². The zero-order valence-electron chi connectivity index (χ0n) is 16.2. The molecule has 0 unspecified atom stereocenters. The average molecular weight is 380 g/mol. The van der Waals surface area contributed by atoms with Crippen LogP contribution in [-0.2, 0) is 33.6 Å². The van der Waals surface area contributed by atoms with Crippen molar-refractivity contribution in [2.75, 3.05) is 14.2 Å². The Kier molecular flexibility index (Phi) is 6.48.